The molecule has 0 bridgehead atoms. The molecule has 0 aliphatic carbocycles. The molecular formula is C18H23BrN4O3. The van der Waals surface area contributed by atoms with Gasteiger partial charge in [-0.05, 0) is 41.1 Å². The van der Waals surface area contributed by atoms with E-state index in [2.05, 4.69) is 31.0 Å². The van der Waals surface area contributed by atoms with Gasteiger partial charge in [-0.3, -0.25) is 14.8 Å². The Hall–Kier alpha value is -2.06. The van der Waals surface area contributed by atoms with E-state index < -0.39 is 0 Å². The van der Waals surface area contributed by atoms with Gasteiger partial charge in [0.15, 0.2) is 5.69 Å². The molecule has 1 aromatic heterocycles. The molecule has 8 heteroatoms. The lowest BCUT2D eigenvalue weighted by Crippen LogP contribution is -2.48. The third-order valence-electron chi connectivity index (χ3n) is 4.62. The number of piperazine rings is 1. The Bertz CT molecular complexity index is 785. The highest BCUT2D eigenvalue weighted by Gasteiger charge is 2.26. The number of hydrogen-bond donors (Lipinski definition) is 1. The second-order valence-corrected chi connectivity index (χ2v) is 7.05. The van der Waals surface area contributed by atoms with Gasteiger partial charge in [0.2, 0.25) is 0 Å². The van der Waals surface area contributed by atoms with E-state index in [1.807, 2.05) is 30.0 Å². The average Bonchev–Trinajstić information content (AvgIpc) is 3.00. The number of nitrogens with one attached hydrogen (secondary N) is 1. The van der Waals surface area contributed by atoms with Crippen molar-refractivity contribution in [3.8, 4) is 11.5 Å². The monoisotopic (exact) mass is 422 g/mol. The fraction of sp³-hybridized carbons (Fsp3) is 0.444. The number of hydrogen-bond acceptors (Lipinski definition) is 5. The van der Waals surface area contributed by atoms with Gasteiger partial charge < -0.3 is 14.4 Å². The van der Waals surface area contributed by atoms with Crippen molar-refractivity contribution in [1.29, 1.82) is 0 Å². The minimum Gasteiger partial charge on any atom is -0.497 e. The van der Waals surface area contributed by atoms with E-state index in [0.29, 0.717) is 18.8 Å². The second-order valence-electron chi connectivity index (χ2n) is 6.26. The number of aromatic nitrogens is 2. The Balaban J connectivity index is 1.62. The quantitative estimate of drug-likeness (QED) is 0.800. The van der Waals surface area contributed by atoms with Gasteiger partial charge in [-0.25, -0.2) is 0 Å². The molecule has 26 heavy (non-hydrogen) atoms. The van der Waals surface area contributed by atoms with Gasteiger partial charge in [-0.2, -0.15) is 5.10 Å². The van der Waals surface area contributed by atoms with Crippen molar-refractivity contribution < 1.29 is 14.3 Å². The topological polar surface area (TPSA) is 70.7 Å². The summed E-state index contributed by atoms with van der Waals surface area (Å²) in [5, 5.41) is 6.95. The maximum atomic E-state index is 12.6. The maximum Gasteiger partial charge on any atom is 0.275 e. The Morgan fingerprint density at radius 1 is 1.23 bits per heavy atom. The summed E-state index contributed by atoms with van der Waals surface area (Å²) in [6.07, 6.45) is 0. The van der Waals surface area contributed by atoms with E-state index >= 15 is 0 Å². The van der Waals surface area contributed by atoms with Crippen LogP contribution < -0.4 is 9.47 Å². The highest BCUT2D eigenvalue weighted by molar-refractivity contribution is 9.10. The van der Waals surface area contributed by atoms with Crippen LogP contribution in [0.2, 0.25) is 0 Å². The summed E-state index contributed by atoms with van der Waals surface area (Å²) in [5.41, 5.74) is 2.39. The molecule has 0 radical (unpaired) electrons. The van der Waals surface area contributed by atoms with Crippen LogP contribution in [0.25, 0.3) is 0 Å². The molecule has 1 N–H and O–H groups in total. The normalized spacial score (nSPS) is 15.2. The van der Waals surface area contributed by atoms with Gasteiger partial charge in [0.05, 0.1) is 18.7 Å². The summed E-state index contributed by atoms with van der Waals surface area (Å²) in [4.78, 5) is 16.8. The van der Waals surface area contributed by atoms with Gasteiger partial charge in [0.25, 0.3) is 5.91 Å². The van der Waals surface area contributed by atoms with Crippen LogP contribution in [-0.2, 0) is 6.54 Å². The molecule has 1 aromatic carbocycles. The van der Waals surface area contributed by atoms with Crippen LogP contribution in [0.1, 0.15) is 21.7 Å². The number of aromatic amines is 1. The molecule has 3 rings (SSSR count). The van der Waals surface area contributed by atoms with E-state index in [0.717, 1.165) is 46.9 Å². The molecule has 1 aliphatic heterocycles. The lowest BCUT2D eigenvalue weighted by atomic mass is 10.1. The van der Waals surface area contributed by atoms with Crippen molar-refractivity contribution in [2.45, 2.75) is 13.5 Å². The third kappa shape index (κ3) is 3.86. The molecule has 140 valence electrons. The van der Waals surface area contributed by atoms with Crippen molar-refractivity contribution in [3.05, 3.63) is 39.6 Å². The first-order valence-corrected chi connectivity index (χ1v) is 9.25. The number of H-pyrrole nitrogens is 1. The molecule has 2 heterocycles. The van der Waals surface area contributed by atoms with E-state index in [4.69, 9.17) is 9.47 Å². The molecule has 1 amide bonds. The van der Waals surface area contributed by atoms with Crippen molar-refractivity contribution in [2.24, 2.45) is 0 Å². The minimum absolute atomic E-state index is 0.0418. The molecule has 0 unspecified atom stereocenters. The Labute approximate surface area is 161 Å². The first kappa shape index (κ1) is 18.7. The van der Waals surface area contributed by atoms with E-state index in [1.165, 1.54) is 0 Å². The summed E-state index contributed by atoms with van der Waals surface area (Å²) in [7, 11) is 3.33. The first-order valence-electron chi connectivity index (χ1n) is 8.46. The van der Waals surface area contributed by atoms with Crippen LogP contribution in [-0.4, -0.2) is 66.3 Å². The minimum atomic E-state index is -0.0418. The number of methoxy groups -OCH3 is 2. The van der Waals surface area contributed by atoms with Gasteiger partial charge in [0.1, 0.15) is 11.5 Å². The van der Waals surface area contributed by atoms with Gasteiger partial charge in [0, 0.05) is 44.0 Å². The smallest absolute Gasteiger partial charge is 0.275 e. The van der Waals surface area contributed by atoms with E-state index in [-0.39, 0.29) is 5.91 Å². The molecule has 7 nitrogen and oxygen atoms in total. The van der Waals surface area contributed by atoms with E-state index in [1.54, 1.807) is 14.2 Å². The maximum absolute atomic E-state index is 12.6. The summed E-state index contributed by atoms with van der Waals surface area (Å²) in [5.74, 6) is 1.62. The first-order chi connectivity index (χ1) is 12.5. The van der Waals surface area contributed by atoms with Crippen molar-refractivity contribution in [3.63, 3.8) is 0 Å². The van der Waals surface area contributed by atoms with Crippen molar-refractivity contribution in [2.75, 3.05) is 40.4 Å². The van der Waals surface area contributed by atoms with Gasteiger partial charge in [-0.1, -0.05) is 0 Å². The number of nitrogens with zero attached hydrogens (tertiary/aromatic N) is 3. The lowest BCUT2D eigenvalue weighted by molar-refractivity contribution is 0.0620. The summed E-state index contributed by atoms with van der Waals surface area (Å²) in [6, 6.07) is 5.81. The highest BCUT2D eigenvalue weighted by atomic mass is 79.9. The third-order valence-corrected chi connectivity index (χ3v) is 5.59. The number of carbonyl (C=O) groups is 1. The van der Waals surface area contributed by atoms with Crippen molar-refractivity contribution >= 4 is 21.8 Å². The van der Waals surface area contributed by atoms with E-state index in [9.17, 15) is 4.79 Å². The molecule has 0 atom stereocenters. The summed E-state index contributed by atoms with van der Waals surface area (Å²) < 4.78 is 11.5. The highest BCUT2D eigenvalue weighted by Crippen LogP contribution is 2.26. The van der Waals surface area contributed by atoms with Crippen LogP contribution in [0.15, 0.2) is 22.7 Å². The second kappa shape index (κ2) is 8.09. The Kier molecular flexibility index (Phi) is 5.83. The summed E-state index contributed by atoms with van der Waals surface area (Å²) in [6.45, 7) is 5.58. The Morgan fingerprint density at radius 2 is 1.96 bits per heavy atom. The van der Waals surface area contributed by atoms with Gasteiger partial charge >= 0.3 is 0 Å². The standard InChI is InChI=1S/C18H23BrN4O3/c1-12-16(19)17(21-20-12)18(24)23-8-6-22(7-9-23)11-13-10-14(25-2)4-5-15(13)26-3/h4-5,10H,6-9,11H2,1-3H3,(H,20,21). The Morgan fingerprint density at radius 3 is 2.54 bits per heavy atom. The van der Waals surface area contributed by atoms with Crippen molar-refractivity contribution in [1.82, 2.24) is 20.0 Å². The molecular weight excluding hydrogens is 400 g/mol. The van der Waals surface area contributed by atoms with Crippen LogP contribution in [0.4, 0.5) is 0 Å². The fourth-order valence-corrected chi connectivity index (χ4v) is 3.41. The molecule has 1 saturated heterocycles. The zero-order chi connectivity index (χ0) is 18.7. The number of aryl methyl sites for hydroxylation is 1. The van der Waals surface area contributed by atoms with Crippen LogP contribution >= 0.6 is 15.9 Å². The average molecular weight is 423 g/mol. The number of ether oxygens (including phenoxy) is 2. The van der Waals surface area contributed by atoms with Gasteiger partial charge in [-0.15, -0.1) is 0 Å². The molecule has 0 spiro atoms. The lowest BCUT2D eigenvalue weighted by Gasteiger charge is -2.34. The van der Waals surface area contributed by atoms with Crippen LogP contribution in [0, 0.1) is 6.92 Å². The largest absolute Gasteiger partial charge is 0.497 e. The fourth-order valence-electron chi connectivity index (χ4n) is 3.06. The van der Waals surface area contributed by atoms with Crippen LogP contribution in [0.5, 0.6) is 11.5 Å². The zero-order valence-corrected chi connectivity index (χ0v) is 16.8. The SMILES string of the molecule is COc1ccc(OC)c(CN2CCN(C(=O)c3n[nH]c(C)c3Br)CC2)c1. The summed E-state index contributed by atoms with van der Waals surface area (Å²) >= 11 is 3.43. The predicted octanol–water partition coefficient (Wildman–Crippen LogP) is 2.46. The number of halogens is 1. The number of amides is 1. The number of carbonyl (C=O) groups excluding carboxylic acids is 1. The number of rotatable bonds is 5. The predicted molar refractivity (Wildman–Crippen MR) is 102 cm³/mol. The molecule has 1 aliphatic rings. The molecule has 2 aromatic rings. The van der Waals surface area contributed by atoms with Crippen LogP contribution in [0.3, 0.4) is 0 Å². The molecule has 1 fully saturated rings. The number of benzene rings is 1. The zero-order valence-electron chi connectivity index (χ0n) is 15.2. The molecule has 0 saturated carbocycles.